The van der Waals surface area contributed by atoms with E-state index in [0.29, 0.717) is 0 Å². The summed E-state index contributed by atoms with van der Waals surface area (Å²) in [5, 5.41) is 9.14. The number of hydrogen-bond donors (Lipinski definition) is 0. The van der Waals surface area contributed by atoms with Crippen molar-refractivity contribution in [1.29, 1.82) is 0 Å². The molecule has 0 bridgehead atoms. The Hall–Kier alpha value is -2.39. The quantitative estimate of drug-likeness (QED) is 0.315. The highest BCUT2D eigenvalue weighted by atomic mass is 35.5. The largest absolute Gasteiger partial charge is 0.497 e. The van der Waals surface area contributed by atoms with Crippen LogP contribution in [0.15, 0.2) is 80.0 Å². The Morgan fingerprint density at radius 1 is 0.906 bits per heavy atom. The Morgan fingerprint density at radius 2 is 1.62 bits per heavy atom. The molecule has 1 aromatic heterocycles. The van der Waals surface area contributed by atoms with Crippen molar-refractivity contribution in [3.05, 3.63) is 65.7 Å². The lowest BCUT2D eigenvalue weighted by Gasteiger charge is -2.35. The molecule has 0 spiro atoms. The van der Waals surface area contributed by atoms with Crippen LogP contribution in [-0.4, -0.2) is 47.9 Å². The molecule has 5 rings (SSSR count). The van der Waals surface area contributed by atoms with Gasteiger partial charge >= 0.3 is 0 Å². The van der Waals surface area contributed by atoms with Crippen molar-refractivity contribution in [2.45, 2.75) is 14.7 Å². The average molecular weight is 485 g/mol. The van der Waals surface area contributed by atoms with Crippen molar-refractivity contribution >= 4 is 52.0 Å². The zero-order valence-corrected chi connectivity index (χ0v) is 19.8. The molecular formula is C23H21ClN4O2S2. The van der Waals surface area contributed by atoms with Crippen molar-refractivity contribution in [3.63, 3.8) is 0 Å². The summed E-state index contributed by atoms with van der Waals surface area (Å²) < 4.78 is 12.8. The lowest BCUT2D eigenvalue weighted by molar-refractivity contribution is 0.314. The van der Waals surface area contributed by atoms with Crippen LogP contribution in [0, 0.1) is 0 Å². The molecule has 0 N–H and O–H groups in total. The van der Waals surface area contributed by atoms with Crippen LogP contribution in [0.1, 0.15) is 0 Å². The molecule has 0 amide bonds. The molecular weight excluding hydrogens is 464 g/mol. The van der Waals surface area contributed by atoms with E-state index in [9.17, 15) is 0 Å². The fourth-order valence-corrected chi connectivity index (χ4v) is 5.64. The molecule has 0 aliphatic carbocycles. The number of aromatic nitrogens is 2. The summed E-state index contributed by atoms with van der Waals surface area (Å²) in [5.41, 5.74) is 2.78. The van der Waals surface area contributed by atoms with Crippen LogP contribution in [0.2, 0.25) is 5.02 Å². The number of halogens is 1. The topological polar surface area (TPSA) is 54.6 Å². The van der Waals surface area contributed by atoms with E-state index in [4.69, 9.17) is 21.0 Å². The number of methoxy groups -OCH3 is 1. The van der Waals surface area contributed by atoms with Gasteiger partial charge in [0.2, 0.25) is 0 Å². The first-order chi connectivity index (χ1) is 15.7. The van der Waals surface area contributed by atoms with Crippen molar-refractivity contribution in [2.75, 3.05) is 38.2 Å². The third-order valence-electron chi connectivity index (χ3n) is 5.27. The van der Waals surface area contributed by atoms with Crippen molar-refractivity contribution in [2.24, 2.45) is 0 Å². The van der Waals surface area contributed by atoms with E-state index in [0.717, 1.165) is 62.7 Å². The third kappa shape index (κ3) is 4.68. The second-order valence-corrected chi connectivity index (χ2v) is 9.98. The first kappa shape index (κ1) is 21.5. The first-order valence-corrected chi connectivity index (χ1v) is 12.2. The summed E-state index contributed by atoms with van der Waals surface area (Å²) in [6, 6.07) is 20.2. The number of ether oxygens (including phenoxy) is 1. The van der Waals surface area contributed by atoms with E-state index in [2.05, 4.69) is 49.9 Å². The average Bonchev–Trinajstić information content (AvgIpc) is 3.33. The van der Waals surface area contributed by atoms with Crippen molar-refractivity contribution < 1.29 is 9.37 Å². The Morgan fingerprint density at radius 3 is 2.38 bits per heavy atom. The fraction of sp³-hybridized carbons (Fsp3) is 0.217. The summed E-state index contributed by atoms with van der Waals surface area (Å²) >= 11 is 9.35. The minimum absolute atomic E-state index is 0.765. The number of hydrogen-bond acceptors (Lipinski definition) is 8. The lowest BCUT2D eigenvalue weighted by atomic mass is 10.2. The van der Waals surface area contributed by atoms with Crippen LogP contribution in [0.4, 0.5) is 5.69 Å². The van der Waals surface area contributed by atoms with Gasteiger partial charge in [0.1, 0.15) is 11.3 Å². The maximum absolute atomic E-state index is 6.02. The Bertz CT molecular complexity index is 1210. The molecule has 1 saturated heterocycles. The molecule has 0 atom stereocenters. The molecule has 0 saturated carbocycles. The number of fused-ring (bicyclic) bond motifs is 1. The Balaban J connectivity index is 1.28. The zero-order chi connectivity index (χ0) is 21.9. The molecule has 4 aromatic rings. The Kier molecular flexibility index (Phi) is 6.45. The normalized spacial score (nSPS) is 14.8. The van der Waals surface area contributed by atoms with Crippen molar-refractivity contribution in [1.82, 2.24) is 14.6 Å². The van der Waals surface area contributed by atoms with Crippen LogP contribution >= 0.6 is 35.3 Å². The third-order valence-corrected chi connectivity index (χ3v) is 7.71. The van der Waals surface area contributed by atoms with E-state index in [1.54, 1.807) is 30.8 Å². The van der Waals surface area contributed by atoms with Crippen LogP contribution in [-0.2, 0) is 0 Å². The molecule has 1 aliphatic rings. The van der Waals surface area contributed by atoms with E-state index >= 15 is 0 Å². The number of anilines is 1. The van der Waals surface area contributed by atoms with Gasteiger partial charge < -0.3 is 9.64 Å². The highest BCUT2D eigenvalue weighted by Crippen LogP contribution is 2.38. The van der Waals surface area contributed by atoms with Crippen LogP contribution in [0.3, 0.4) is 0 Å². The summed E-state index contributed by atoms with van der Waals surface area (Å²) in [4.78, 5) is 5.52. The van der Waals surface area contributed by atoms with Gasteiger partial charge in [-0.1, -0.05) is 29.4 Å². The van der Waals surface area contributed by atoms with Gasteiger partial charge in [-0.2, -0.15) is 0 Å². The van der Waals surface area contributed by atoms with Crippen LogP contribution < -0.4 is 9.64 Å². The second-order valence-electron chi connectivity index (χ2n) is 7.29. The number of nitrogens with zero attached hydrogens (tertiary/aromatic N) is 4. The van der Waals surface area contributed by atoms with Gasteiger partial charge in [0.25, 0.3) is 0 Å². The van der Waals surface area contributed by atoms with Gasteiger partial charge in [-0.3, -0.25) is 0 Å². The molecule has 9 heteroatoms. The van der Waals surface area contributed by atoms with Crippen molar-refractivity contribution in [3.8, 4) is 5.75 Å². The minimum atomic E-state index is 0.765. The molecule has 1 aliphatic heterocycles. The summed E-state index contributed by atoms with van der Waals surface area (Å²) in [6.07, 6.45) is 0. The minimum Gasteiger partial charge on any atom is -0.497 e. The van der Waals surface area contributed by atoms with Gasteiger partial charge in [-0.05, 0) is 76.9 Å². The highest BCUT2D eigenvalue weighted by molar-refractivity contribution is 7.99. The van der Waals surface area contributed by atoms with E-state index in [1.807, 2.05) is 30.3 Å². The SMILES string of the molecule is COc1cccc(Sc2ccc(SN3CCN(c4ccc(Cl)cc4)CC3)c3nonc23)c1. The Labute approximate surface area is 200 Å². The van der Waals surface area contributed by atoms with Crippen LogP contribution in [0.5, 0.6) is 5.75 Å². The molecule has 164 valence electrons. The first-order valence-electron chi connectivity index (χ1n) is 10.2. The van der Waals surface area contributed by atoms with Gasteiger partial charge in [-0.25, -0.2) is 8.93 Å². The zero-order valence-electron chi connectivity index (χ0n) is 17.4. The van der Waals surface area contributed by atoms with Gasteiger partial charge in [-0.15, -0.1) is 0 Å². The van der Waals surface area contributed by atoms with E-state index < -0.39 is 0 Å². The van der Waals surface area contributed by atoms with Crippen LogP contribution in [0.25, 0.3) is 11.0 Å². The molecule has 2 heterocycles. The summed E-state index contributed by atoms with van der Waals surface area (Å²) in [7, 11) is 1.67. The van der Waals surface area contributed by atoms with Gasteiger partial charge in [0.05, 0.1) is 12.0 Å². The predicted molar refractivity (Wildman–Crippen MR) is 130 cm³/mol. The highest BCUT2D eigenvalue weighted by Gasteiger charge is 2.21. The van der Waals surface area contributed by atoms with Gasteiger partial charge in [0, 0.05) is 46.7 Å². The number of benzene rings is 3. The maximum atomic E-state index is 6.02. The molecule has 0 radical (unpaired) electrons. The monoisotopic (exact) mass is 484 g/mol. The molecule has 32 heavy (non-hydrogen) atoms. The van der Waals surface area contributed by atoms with E-state index in [1.165, 1.54) is 5.69 Å². The summed E-state index contributed by atoms with van der Waals surface area (Å²) in [5.74, 6) is 0.828. The maximum Gasteiger partial charge on any atom is 0.151 e. The molecule has 0 unspecified atom stereocenters. The lowest BCUT2D eigenvalue weighted by Crippen LogP contribution is -2.43. The second kappa shape index (κ2) is 9.62. The van der Waals surface area contributed by atoms with E-state index in [-0.39, 0.29) is 0 Å². The predicted octanol–water partition coefficient (Wildman–Crippen LogP) is 5.87. The molecule has 3 aromatic carbocycles. The molecule has 6 nitrogen and oxygen atoms in total. The number of piperazine rings is 1. The smallest absolute Gasteiger partial charge is 0.151 e. The fourth-order valence-electron chi connectivity index (χ4n) is 3.60. The standard InChI is InChI=1S/C23H21ClN4O2S2/c1-29-18-3-2-4-19(15-18)31-20-9-10-21(23-22(20)25-30-26-23)32-28-13-11-27(12-14-28)17-7-5-16(24)6-8-17/h2-10,15H,11-14H2,1H3. The summed E-state index contributed by atoms with van der Waals surface area (Å²) in [6.45, 7) is 3.80. The van der Waals surface area contributed by atoms with Gasteiger partial charge in [0.15, 0.2) is 5.52 Å². The number of rotatable bonds is 6. The molecule has 1 fully saturated rings.